The predicted octanol–water partition coefficient (Wildman–Crippen LogP) is 4.78. The molecule has 0 amide bonds. The average Bonchev–Trinajstić information content (AvgIpc) is 2.99. The molecule has 1 fully saturated rings. The molecule has 2 heterocycles. The molecule has 0 spiro atoms. The standard InChI is InChI=1S/C24H32O4.CO2/c1-15-13-14-16(2)21-19(15)11-8-12-20-22(28-24(5,6)27-20)17(3)9-7-10-18(4)26-23(21)25;2-1-3/h7-9,11,13-14,17-18,20,22H,10,12H2,1-6H3;/b9-7-,11-8+;/t17?,18-,20-,22+;/m0./s1. The van der Waals surface area contributed by atoms with E-state index in [2.05, 4.69) is 25.2 Å². The molecule has 31 heavy (non-hydrogen) atoms. The molecule has 1 aromatic rings. The predicted molar refractivity (Wildman–Crippen MR) is 116 cm³/mol. The van der Waals surface area contributed by atoms with Crippen molar-refractivity contribution in [3.63, 3.8) is 0 Å². The van der Waals surface area contributed by atoms with Crippen molar-refractivity contribution < 1.29 is 28.6 Å². The maximum absolute atomic E-state index is 12.9. The summed E-state index contributed by atoms with van der Waals surface area (Å²) >= 11 is 0. The van der Waals surface area contributed by atoms with E-state index in [1.165, 1.54) is 0 Å². The van der Waals surface area contributed by atoms with Gasteiger partial charge in [0, 0.05) is 12.3 Å². The van der Waals surface area contributed by atoms with Crippen LogP contribution in [0.4, 0.5) is 0 Å². The Bertz CT molecular complexity index is 876. The minimum absolute atomic E-state index is 0.00484. The number of rotatable bonds is 0. The van der Waals surface area contributed by atoms with Gasteiger partial charge < -0.3 is 14.2 Å². The van der Waals surface area contributed by atoms with Gasteiger partial charge in [0.25, 0.3) is 0 Å². The molecule has 3 rings (SSSR count). The number of hydrogen-bond acceptors (Lipinski definition) is 6. The van der Waals surface area contributed by atoms with Crippen LogP contribution in [0.25, 0.3) is 6.08 Å². The normalized spacial score (nSPS) is 29.7. The fraction of sp³-hybridized carbons (Fsp3) is 0.520. The lowest BCUT2D eigenvalue weighted by atomic mass is 9.94. The van der Waals surface area contributed by atoms with Gasteiger partial charge in [-0.1, -0.05) is 43.4 Å². The van der Waals surface area contributed by atoms with Crippen LogP contribution in [-0.4, -0.2) is 36.2 Å². The molecule has 2 aliphatic heterocycles. The zero-order valence-corrected chi connectivity index (χ0v) is 19.1. The summed E-state index contributed by atoms with van der Waals surface area (Å²) in [5.74, 6) is -0.635. The Hall–Kier alpha value is -2.53. The highest BCUT2D eigenvalue weighted by molar-refractivity contribution is 5.96. The molecule has 1 unspecified atom stereocenters. The molecule has 0 radical (unpaired) electrons. The number of esters is 1. The van der Waals surface area contributed by atoms with Crippen molar-refractivity contribution in [2.75, 3.05) is 0 Å². The first-order valence-electron chi connectivity index (χ1n) is 10.6. The van der Waals surface area contributed by atoms with Gasteiger partial charge in [0.05, 0.1) is 17.8 Å². The number of benzene rings is 1. The van der Waals surface area contributed by atoms with Gasteiger partial charge in [-0.2, -0.15) is 9.59 Å². The Morgan fingerprint density at radius 1 is 1.00 bits per heavy atom. The minimum atomic E-state index is -0.587. The Morgan fingerprint density at radius 3 is 2.32 bits per heavy atom. The fourth-order valence-electron chi connectivity index (χ4n) is 4.01. The largest absolute Gasteiger partial charge is 0.459 e. The summed E-state index contributed by atoms with van der Waals surface area (Å²) in [6, 6.07) is 4.02. The summed E-state index contributed by atoms with van der Waals surface area (Å²) in [6.07, 6.45) is 9.78. The van der Waals surface area contributed by atoms with Crippen LogP contribution in [-0.2, 0) is 23.8 Å². The van der Waals surface area contributed by atoms with Crippen molar-refractivity contribution in [1.29, 1.82) is 0 Å². The van der Waals surface area contributed by atoms with E-state index < -0.39 is 5.79 Å². The lowest BCUT2D eigenvalue weighted by molar-refractivity contribution is -0.191. The maximum atomic E-state index is 12.9. The van der Waals surface area contributed by atoms with E-state index in [-0.39, 0.29) is 36.4 Å². The topological polar surface area (TPSA) is 78.9 Å². The SMILES string of the molecule is Cc1ccc(C)c2c1/C=C/C[C@@H]1OC(C)(C)O[C@@H]1C(C)/C=C\C[C@H](C)OC2=O.O=C=O. The highest BCUT2D eigenvalue weighted by atomic mass is 16.8. The summed E-state index contributed by atoms with van der Waals surface area (Å²) in [5, 5.41) is 0. The van der Waals surface area contributed by atoms with Gasteiger partial charge in [-0.3, -0.25) is 0 Å². The third-order valence-corrected chi connectivity index (χ3v) is 5.48. The van der Waals surface area contributed by atoms with Gasteiger partial charge in [0.2, 0.25) is 0 Å². The van der Waals surface area contributed by atoms with Gasteiger partial charge >= 0.3 is 12.1 Å². The van der Waals surface area contributed by atoms with Crippen LogP contribution in [0.3, 0.4) is 0 Å². The molecular weight excluding hydrogens is 396 g/mol. The van der Waals surface area contributed by atoms with Crippen molar-refractivity contribution in [2.45, 2.75) is 78.5 Å². The molecule has 6 heteroatoms. The van der Waals surface area contributed by atoms with E-state index in [4.69, 9.17) is 23.8 Å². The minimum Gasteiger partial charge on any atom is -0.459 e. The van der Waals surface area contributed by atoms with Gasteiger partial charge in [0.15, 0.2) is 5.79 Å². The maximum Gasteiger partial charge on any atom is 0.373 e. The Balaban J connectivity index is 0.00000107. The summed E-state index contributed by atoms with van der Waals surface area (Å²) in [5.41, 5.74) is 3.56. The van der Waals surface area contributed by atoms with Crippen LogP contribution in [0.15, 0.2) is 30.4 Å². The smallest absolute Gasteiger partial charge is 0.373 e. The van der Waals surface area contributed by atoms with Crippen LogP contribution in [0.5, 0.6) is 0 Å². The molecule has 0 aliphatic carbocycles. The second kappa shape index (κ2) is 10.7. The van der Waals surface area contributed by atoms with E-state index in [1.807, 2.05) is 52.8 Å². The van der Waals surface area contributed by atoms with Gasteiger partial charge in [-0.15, -0.1) is 0 Å². The number of aryl methyl sites for hydroxylation is 2. The molecule has 1 saturated heterocycles. The number of ether oxygens (including phenoxy) is 3. The third-order valence-electron chi connectivity index (χ3n) is 5.48. The van der Waals surface area contributed by atoms with E-state index in [0.29, 0.717) is 12.0 Å². The number of carbonyl (C=O) groups is 1. The first-order chi connectivity index (χ1) is 14.6. The van der Waals surface area contributed by atoms with Crippen molar-refractivity contribution in [3.8, 4) is 0 Å². The molecule has 6 nitrogen and oxygen atoms in total. The summed E-state index contributed by atoms with van der Waals surface area (Å²) in [7, 11) is 0. The van der Waals surface area contributed by atoms with Gasteiger partial charge in [0.1, 0.15) is 6.10 Å². The second-order valence-corrected chi connectivity index (χ2v) is 8.59. The number of carbonyl (C=O) groups excluding carboxylic acids is 3. The first-order valence-corrected chi connectivity index (χ1v) is 10.6. The molecule has 0 aromatic heterocycles. The van der Waals surface area contributed by atoms with Crippen LogP contribution < -0.4 is 0 Å². The quantitative estimate of drug-likeness (QED) is 0.437. The van der Waals surface area contributed by atoms with Gasteiger partial charge in [-0.05, 0) is 57.7 Å². The molecular formula is C25H32O6. The average molecular weight is 429 g/mol. The molecule has 0 N–H and O–H groups in total. The lowest BCUT2D eigenvalue weighted by Crippen LogP contribution is -2.28. The molecule has 2 aliphatic rings. The molecule has 0 saturated carbocycles. The summed E-state index contributed by atoms with van der Waals surface area (Å²) in [6.45, 7) is 12.0. The highest BCUT2D eigenvalue weighted by Crippen LogP contribution is 2.35. The van der Waals surface area contributed by atoms with Crippen molar-refractivity contribution in [1.82, 2.24) is 0 Å². The Morgan fingerprint density at radius 2 is 1.65 bits per heavy atom. The van der Waals surface area contributed by atoms with E-state index in [0.717, 1.165) is 23.1 Å². The zero-order valence-electron chi connectivity index (χ0n) is 19.1. The Kier molecular flexibility index (Phi) is 8.52. The monoisotopic (exact) mass is 428 g/mol. The first kappa shape index (κ1) is 24.7. The Labute approximate surface area is 184 Å². The number of fused-ring (bicyclic) bond motifs is 2. The van der Waals surface area contributed by atoms with Crippen molar-refractivity contribution in [2.24, 2.45) is 5.92 Å². The zero-order chi connectivity index (χ0) is 23.2. The summed E-state index contributed by atoms with van der Waals surface area (Å²) < 4.78 is 18.1. The number of hydrogen-bond donors (Lipinski definition) is 0. The molecule has 1 aromatic carbocycles. The fourth-order valence-corrected chi connectivity index (χ4v) is 4.01. The van der Waals surface area contributed by atoms with Crippen LogP contribution in [0.2, 0.25) is 0 Å². The molecule has 168 valence electrons. The molecule has 0 bridgehead atoms. The lowest BCUT2D eigenvalue weighted by Gasteiger charge is -2.21. The van der Waals surface area contributed by atoms with E-state index in [9.17, 15) is 4.79 Å². The van der Waals surface area contributed by atoms with Gasteiger partial charge in [-0.25, -0.2) is 4.79 Å². The van der Waals surface area contributed by atoms with E-state index >= 15 is 0 Å². The summed E-state index contributed by atoms with van der Waals surface area (Å²) in [4.78, 5) is 29.1. The van der Waals surface area contributed by atoms with Crippen molar-refractivity contribution in [3.05, 3.63) is 52.6 Å². The second-order valence-electron chi connectivity index (χ2n) is 8.59. The van der Waals surface area contributed by atoms with Crippen LogP contribution in [0, 0.1) is 19.8 Å². The third kappa shape index (κ3) is 6.47. The van der Waals surface area contributed by atoms with Crippen LogP contribution in [0.1, 0.15) is 67.6 Å². The van der Waals surface area contributed by atoms with E-state index in [1.54, 1.807) is 0 Å². The molecule has 4 atom stereocenters. The highest BCUT2D eigenvalue weighted by Gasteiger charge is 2.42. The number of cyclic esters (lactones) is 1. The van der Waals surface area contributed by atoms with Crippen molar-refractivity contribution >= 4 is 18.2 Å². The van der Waals surface area contributed by atoms with Crippen LogP contribution >= 0.6 is 0 Å².